The van der Waals surface area contributed by atoms with E-state index < -0.39 is 0 Å². The summed E-state index contributed by atoms with van der Waals surface area (Å²) in [5.41, 5.74) is 3.72. The number of hydrogen-bond donors (Lipinski definition) is 2. The highest BCUT2D eigenvalue weighted by Crippen LogP contribution is 2.40. The van der Waals surface area contributed by atoms with E-state index in [0.717, 1.165) is 23.7 Å². The average Bonchev–Trinajstić information content (AvgIpc) is 3.39. The molecule has 2 N–H and O–H groups in total. The third kappa shape index (κ3) is 5.11. The van der Waals surface area contributed by atoms with Crippen LogP contribution in [0, 0.1) is 6.92 Å². The van der Waals surface area contributed by atoms with Crippen LogP contribution in [0.15, 0.2) is 53.5 Å². The maximum atomic E-state index is 5.46. The highest BCUT2D eigenvalue weighted by atomic mass is 127. The van der Waals surface area contributed by atoms with Crippen LogP contribution in [0.2, 0.25) is 0 Å². The fraction of sp³-hybridized carbons (Fsp3) is 0.350. The fourth-order valence-corrected chi connectivity index (χ4v) is 2.97. The molecule has 0 aromatic heterocycles. The highest BCUT2D eigenvalue weighted by molar-refractivity contribution is 14.0. The van der Waals surface area contributed by atoms with E-state index in [1.165, 1.54) is 11.1 Å². The van der Waals surface area contributed by atoms with Crippen molar-refractivity contribution >= 4 is 29.9 Å². The first-order valence-electron chi connectivity index (χ1n) is 8.37. The molecule has 1 fully saturated rings. The third-order valence-corrected chi connectivity index (χ3v) is 4.45. The maximum Gasteiger partial charge on any atom is 0.191 e. The topological polar surface area (TPSA) is 45.7 Å². The number of aryl methyl sites for hydroxylation is 1. The number of aliphatic imine (C=N–C) groups is 1. The van der Waals surface area contributed by atoms with E-state index in [0.29, 0.717) is 18.5 Å². The van der Waals surface area contributed by atoms with Crippen LogP contribution in [0.3, 0.4) is 0 Å². The molecule has 3 rings (SSSR count). The third-order valence-electron chi connectivity index (χ3n) is 4.45. The first-order chi connectivity index (χ1) is 11.7. The highest BCUT2D eigenvalue weighted by Gasteiger charge is 2.38. The lowest BCUT2D eigenvalue weighted by molar-refractivity contribution is 0.408. The van der Waals surface area contributed by atoms with Gasteiger partial charge in [-0.25, -0.2) is 0 Å². The van der Waals surface area contributed by atoms with Crippen LogP contribution in [0.4, 0.5) is 0 Å². The molecule has 0 saturated heterocycles. The lowest BCUT2D eigenvalue weighted by Gasteiger charge is -2.14. The van der Waals surface area contributed by atoms with Gasteiger partial charge in [-0.05, 0) is 30.5 Å². The van der Waals surface area contributed by atoms with Crippen LogP contribution < -0.4 is 15.4 Å². The van der Waals surface area contributed by atoms with Gasteiger partial charge >= 0.3 is 0 Å². The quantitative estimate of drug-likeness (QED) is 0.413. The summed E-state index contributed by atoms with van der Waals surface area (Å²) >= 11 is 0. The molecule has 25 heavy (non-hydrogen) atoms. The predicted molar refractivity (Wildman–Crippen MR) is 114 cm³/mol. The molecule has 2 aromatic carbocycles. The SMILES string of the molecule is CN=C(NCc1ccc(C)cc1OC)NC1CC1c1ccccc1.I. The zero-order chi connectivity index (χ0) is 16.9. The van der Waals surface area contributed by atoms with Crippen molar-refractivity contribution in [1.82, 2.24) is 10.6 Å². The van der Waals surface area contributed by atoms with E-state index in [9.17, 15) is 0 Å². The molecule has 4 nitrogen and oxygen atoms in total. The summed E-state index contributed by atoms with van der Waals surface area (Å²) in [7, 11) is 3.52. The van der Waals surface area contributed by atoms with Gasteiger partial charge in [-0.3, -0.25) is 4.99 Å². The van der Waals surface area contributed by atoms with Gasteiger partial charge < -0.3 is 15.4 Å². The summed E-state index contributed by atoms with van der Waals surface area (Å²) in [5, 5.41) is 6.89. The smallest absolute Gasteiger partial charge is 0.191 e. The molecule has 0 bridgehead atoms. The van der Waals surface area contributed by atoms with Crippen LogP contribution in [-0.2, 0) is 6.54 Å². The Morgan fingerprint density at radius 3 is 2.64 bits per heavy atom. The Hall–Kier alpha value is -1.76. The Kier molecular flexibility index (Phi) is 7.11. The molecule has 2 unspecified atom stereocenters. The number of benzene rings is 2. The standard InChI is InChI=1S/C20H25N3O.HI/c1-14-9-10-16(19(11-14)24-3)13-22-20(21-2)23-18-12-17(18)15-7-5-4-6-8-15;/h4-11,17-18H,12-13H2,1-3H3,(H2,21,22,23);1H. The van der Waals surface area contributed by atoms with Crippen molar-refractivity contribution in [2.45, 2.75) is 31.8 Å². The number of nitrogens with zero attached hydrogens (tertiary/aromatic N) is 1. The monoisotopic (exact) mass is 451 g/mol. The lowest BCUT2D eigenvalue weighted by atomic mass is 10.1. The molecule has 1 aliphatic carbocycles. The summed E-state index contributed by atoms with van der Waals surface area (Å²) in [4.78, 5) is 4.34. The zero-order valence-corrected chi connectivity index (χ0v) is 17.3. The summed E-state index contributed by atoms with van der Waals surface area (Å²) in [6.45, 7) is 2.75. The van der Waals surface area contributed by atoms with Crippen molar-refractivity contribution in [3.63, 3.8) is 0 Å². The van der Waals surface area contributed by atoms with Crippen LogP contribution in [-0.4, -0.2) is 26.2 Å². The van der Waals surface area contributed by atoms with Crippen LogP contribution in [0.1, 0.15) is 29.0 Å². The molecule has 0 heterocycles. The minimum Gasteiger partial charge on any atom is -0.496 e. The zero-order valence-electron chi connectivity index (χ0n) is 15.0. The Balaban J connectivity index is 0.00000225. The van der Waals surface area contributed by atoms with Gasteiger partial charge in [0, 0.05) is 31.1 Å². The average molecular weight is 451 g/mol. The van der Waals surface area contributed by atoms with E-state index in [1.54, 1.807) is 7.11 Å². The molecule has 0 amide bonds. The molecule has 0 spiro atoms. The van der Waals surface area contributed by atoms with Gasteiger partial charge in [0.05, 0.1) is 7.11 Å². The summed E-state index contributed by atoms with van der Waals surface area (Å²) in [6, 6.07) is 17.4. The van der Waals surface area contributed by atoms with Gasteiger partial charge in [0.25, 0.3) is 0 Å². The van der Waals surface area contributed by atoms with Crippen molar-refractivity contribution in [3.8, 4) is 5.75 Å². The minimum atomic E-state index is 0. The molecule has 134 valence electrons. The molecule has 2 atom stereocenters. The van der Waals surface area contributed by atoms with Gasteiger partial charge in [0.1, 0.15) is 5.75 Å². The number of rotatable bonds is 5. The fourth-order valence-electron chi connectivity index (χ4n) is 2.97. The van der Waals surface area contributed by atoms with Gasteiger partial charge in [0.2, 0.25) is 0 Å². The Morgan fingerprint density at radius 1 is 1.20 bits per heavy atom. The van der Waals surface area contributed by atoms with Crippen molar-refractivity contribution < 1.29 is 4.74 Å². The molecule has 2 aromatic rings. The number of nitrogens with one attached hydrogen (secondary N) is 2. The molecule has 1 saturated carbocycles. The van der Waals surface area contributed by atoms with Crippen LogP contribution in [0.5, 0.6) is 5.75 Å². The summed E-state index contributed by atoms with van der Waals surface area (Å²) < 4.78 is 5.46. The number of methoxy groups -OCH3 is 1. The lowest BCUT2D eigenvalue weighted by Crippen LogP contribution is -2.38. The Labute approximate surface area is 167 Å². The second kappa shape index (κ2) is 9.08. The largest absolute Gasteiger partial charge is 0.496 e. The Morgan fingerprint density at radius 2 is 1.96 bits per heavy atom. The minimum absolute atomic E-state index is 0. The number of hydrogen-bond acceptors (Lipinski definition) is 2. The van der Waals surface area contributed by atoms with E-state index in [2.05, 4.69) is 71.1 Å². The predicted octanol–water partition coefficient (Wildman–Crippen LogP) is 3.84. The summed E-state index contributed by atoms with van der Waals surface area (Å²) in [6.07, 6.45) is 1.15. The van der Waals surface area contributed by atoms with Crippen LogP contribution >= 0.6 is 24.0 Å². The second-order valence-electron chi connectivity index (χ2n) is 6.24. The van der Waals surface area contributed by atoms with Crippen molar-refractivity contribution in [3.05, 3.63) is 65.2 Å². The van der Waals surface area contributed by atoms with E-state index in [-0.39, 0.29) is 24.0 Å². The van der Waals surface area contributed by atoms with Crippen molar-refractivity contribution in [1.29, 1.82) is 0 Å². The van der Waals surface area contributed by atoms with Gasteiger partial charge in [-0.2, -0.15) is 0 Å². The first-order valence-corrected chi connectivity index (χ1v) is 8.37. The number of halogens is 1. The maximum absolute atomic E-state index is 5.46. The molecule has 0 radical (unpaired) electrons. The van der Waals surface area contributed by atoms with Gasteiger partial charge in [-0.15, -0.1) is 24.0 Å². The van der Waals surface area contributed by atoms with Crippen molar-refractivity contribution in [2.24, 2.45) is 4.99 Å². The molecular formula is C20H26IN3O. The molecule has 1 aliphatic rings. The van der Waals surface area contributed by atoms with Gasteiger partial charge in [-0.1, -0.05) is 42.5 Å². The normalized spacial score (nSPS) is 18.9. The Bertz CT molecular complexity index is 718. The van der Waals surface area contributed by atoms with E-state index in [1.807, 2.05) is 7.05 Å². The van der Waals surface area contributed by atoms with E-state index in [4.69, 9.17) is 4.74 Å². The number of ether oxygens (including phenoxy) is 1. The molecular weight excluding hydrogens is 425 g/mol. The molecule has 0 aliphatic heterocycles. The van der Waals surface area contributed by atoms with E-state index >= 15 is 0 Å². The number of guanidine groups is 1. The first kappa shape index (κ1) is 19.6. The summed E-state index contributed by atoms with van der Waals surface area (Å²) in [5.74, 6) is 2.33. The van der Waals surface area contributed by atoms with Gasteiger partial charge in [0.15, 0.2) is 5.96 Å². The second-order valence-corrected chi connectivity index (χ2v) is 6.24. The van der Waals surface area contributed by atoms with Crippen LogP contribution in [0.25, 0.3) is 0 Å². The molecule has 5 heteroatoms. The van der Waals surface area contributed by atoms with Crippen molar-refractivity contribution in [2.75, 3.05) is 14.2 Å².